The summed E-state index contributed by atoms with van der Waals surface area (Å²) in [6.07, 6.45) is 2.84. The van der Waals surface area contributed by atoms with Crippen molar-refractivity contribution in [3.63, 3.8) is 0 Å². The molecule has 1 unspecified atom stereocenters. The van der Waals surface area contributed by atoms with Gasteiger partial charge in [0.2, 0.25) is 0 Å². The molecule has 1 saturated carbocycles. The monoisotopic (exact) mass is 256 g/mol. The molecule has 1 fully saturated rings. The Bertz CT molecular complexity index is 403. The molecule has 2 rings (SSSR count). The number of hydrogen-bond donors (Lipinski definition) is 1. The molecule has 2 aliphatic rings. The molecule has 0 radical (unpaired) electrons. The maximum atomic E-state index is 11.5. The van der Waals surface area contributed by atoms with Crippen LogP contribution in [-0.4, -0.2) is 28.7 Å². The lowest BCUT2D eigenvalue weighted by Crippen LogP contribution is -2.47. The molecule has 1 atom stereocenters. The lowest BCUT2D eigenvalue weighted by atomic mass is 9.67. The first-order valence-electron chi connectivity index (χ1n) is 5.81. The van der Waals surface area contributed by atoms with Crippen molar-refractivity contribution in [3.05, 3.63) is 0 Å². The minimum atomic E-state index is -0.682. The number of nitrogens with zero attached hydrogens (tertiary/aromatic N) is 1. The van der Waals surface area contributed by atoms with Crippen LogP contribution >= 0.6 is 11.6 Å². The fourth-order valence-electron chi connectivity index (χ4n) is 2.62. The molecule has 0 aromatic rings. The van der Waals surface area contributed by atoms with Crippen LogP contribution in [0.2, 0.25) is 0 Å². The number of Topliss-reactive ketones (excluding diaryl/α,β-unsaturated/α-hetero) is 1. The van der Waals surface area contributed by atoms with Crippen molar-refractivity contribution in [2.24, 2.45) is 10.6 Å². The summed E-state index contributed by atoms with van der Waals surface area (Å²) in [5.41, 5.74) is 0.374. The van der Waals surface area contributed by atoms with E-state index in [4.69, 9.17) is 21.8 Å². The molecule has 94 valence electrons. The van der Waals surface area contributed by atoms with Gasteiger partial charge >= 0.3 is 0 Å². The maximum Gasteiger partial charge on any atom is 0.195 e. The highest BCUT2D eigenvalue weighted by atomic mass is 35.5. The van der Waals surface area contributed by atoms with E-state index in [1.165, 1.54) is 0 Å². The maximum absolute atomic E-state index is 11.5. The van der Waals surface area contributed by atoms with E-state index in [0.29, 0.717) is 24.3 Å². The topological polar surface area (TPSA) is 62.5 Å². The van der Waals surface area contributed by atoms with Gasteiger partial charge in [0.15, 0.2) is 11.4 Å². The number of oxime groups is 1. The van der Waals surface area contributed by atoms with Crippen LogP contribution in [0.1, 0.15) is 39.5 Å². The van der Waals surface area contributed by atoms with Gasteiger partial charge in [0.25, 0.3) is 0 Å². The van der Waals surface area contributed by atoms with E-state index >= 15 is 0 Å². The summed E-state index contributed by atoms with van der Waals surface area (Å²) in [5, 5.41) is 11.9. The van der Waals surface area contributed by atoms with Crippen LogP contribution in [0.5, 0.6) is 0 Å². The zero-order chi connectivity index (χ0) is 12.7. The Balaban J connectivity index is 2.17. The van der Waals surface area contributed by atoms with Crippen molar-refractivity contribution in [1.82, 2.24) is 0 Å². The highest BCUT2D eigenvalue weighted by Gasteiger charge is 2.50. The molecule has 5 heteroatoms. The third-order valence-electron chi connectivity index (χ3n) is 3.59. The number of halogens is 1. The Morgan fingerprint density at radius 3 is 2.94 bits per heavy atom. The van der Waals surface area contributed by atoms with Gasteiger partial charge in [-0.15, -0.1) is 11.6 Å². The molecular weight excluding hydrogens is 240 g/mol. The molecule has 1 heterocycles. The first-order valence-corrected chi connectivity index (χ1v) is 6.34. The molecule has 17 heavy (non-hydrogen) atoms. The van der Waals surface area contributed by atoms with Crippen molar-refractivity contribution in [2.45, 2.75) is 45.1 Å². The van der Waals surface area contributed by atoms with E-state index in [9.17, 15) is 4.79 Å². The van der Waals surface area contributed by atoms with Crippen molar-refractivity contribution in [3.8, 4) is 0 Å². The van der Waals surface area contributed by atoms with Gasteiger partial charge in [0, 0.05) is 12.8 Å². The van der Waals surface area contributed by atoms with E-state index in [1.54, 1.807) is 0 Å². The molecule has 0 amide bonds. The Labute approximate surface area is 106 Å². The smallest absolute Gasteiger partial charge is 0.195 e. The summed E-state index contributed by atoms with van der Waals surface area (Å²) in [7, 11) is 0. The van der Waals surface area contributed by atoms with Crippen molar-refractivity contribution >= 4 is 28.8 Å². The van der Waals surface area contributed by atoms with E-state index in [-0.39, 0.29) is 17.1 Å². The summed E-state index contributed by atoms with van der Waals surface area (Å²) in [5.74, 6) is -0.269. The van der Waals surface area contributed by atoms with Crippen molar-refractivity contribution < 1.29 is 9.63 Å². The third kappa shape index (κ3) is 2.23. The van der Waals surface area contributed by atoms with Crippen LogP contribution in [0.25, 0.3) is 0 Å². The first kappa shape index (κ1) is 12.6. The Morgan fingerprint density at radius 2 is 2.29 bits per heavy atom. The minimum absolute atomic E-state index is 0.0744. The Morgan fingerprint density at radius 1 is 1.59 bits per heavy atom. The number of nitrogens with one attached hydrogen (secondary N) is 1. The largest absolute Gasteiger partial charge is 0.382 e. The number of carbonyl (C=O) groups excluding carboxylic acids is 1. The van der Waals surface area contributed by atoms with Gasteiger partial charge in [0.1, 0.15) is 5.71 Å². The summed E-state index contributed by atoms with van der Waals surface area (Å²) in [6.45, 7) is 4.32. The number of ketones is 1. The van der Waals surface area contributed by atoms with E-state index in [0.717, 1.165) is 12.8 Å². The van der Waals surface area contributed by atoms with Gasteiger partial charge in [-0.3, -0.25) is 4.79 Å². The average molecular weight is 257 g/mol. The Hall–Kier alpha value is -0.900. The van der Waals surface area contributed by atoms with Crippen LogP contribution in [0.3, 0.4) is 0 Å². The molecule has 4 nitrogen and oxygen atoms in total. The summed E-state index contributed by atoms with van der Waals surface area (Å²) in [6, 6.07) is 0. The lowest BCUT2D eigenvalue weighted by molar-refractivity contribution is -0.110. The fraction of sp³-hybridized carbons (Fsp3) is 0.750. The quantitative estimate of drug-likeness (QED) is 0.772. The second kappa shape index (κ2) is 4.09. The van der Waals surface area contributed by atoms with Crippen molar-refractivity contribution in [2.75, 3.05) is 5.88 Å². The predicted molar refractivity (Wildman–Crippen MR) is 67.0 cm³/mol. The standard InChI is InChI=1S/C12H17ClN2O2/c1-11(2)4-3-10(14)12(7-11)5-8(15-17-12)9(16)6-13/h14H,3-7H2,1-2H3. The van der Waals surface area contributed by atoms with Crippen LogP contribution in [0.15, 0.2) is 5.16 Å². The number of rotatable bonds is 2. The normalized spacial score (nSPS) is 31.2. The predicted octanol–water partition coefficient (Wildman–Crippen LogP) is 2.54. The van der Waals surface area contributed by atoms with Gasteiger partial charge < -0.3 is 10.2 Å². The zero-order valence-electron chi connectivity index (χ0n) is 10.2. The minimum Gasteiger partial charge on any atom is -0.382 e. The lowest BCUT2D eigenvalue weighted by Gasteiger charge is -2.40. The van der Waals surface area contributed by atoms with Crippen LogP contribution < -0.4 is 0 Å². The molecule has 0 bridgehead atoms. The van der Waals surface area contributed by atoms with Gasteiger partial charge in [0.05, 0.1) is 11.6 Å². The molecule has 1 aliphatic heterocycles. The van der Waals surface area contributed by atoms with Crippen LogP contribution in [-0.2, 0) is 9.63 Å². The summed E-state index contributed by atoms with van der Waals surface area (Å²) in [4.78, 5) is 16.9. The molecule has 1 N–H and O–H groups in total. The second-order valence-corrected chi connectivity index (χ2v) is 5.94. The second-order valence-electron chi connectivity index (χ2n) is 5.68. The number of alkyl halides is 1. The summed E-state index contributed by atoms with van der Waals surface area (Å²) < 4.78 is 0. The molecule has 0 aromatic carbocycles. The summed E-state index contributed by atoms with van der Waals surface area (Å²) >= 11 is 5.51. The average Bonchev–Trinajstić information content (AvgIpc) is 2.68. The molecule has 1 aliphatic carbocycles. The van der Waals surface area contributed by atoms with Crippen LogP contribution in [0.4, 0.5) is 0 Å². The van der Waals surface area contributed by atoms with Gasteiger partial charge in [-0.2, -0.15) is 0 Å². The van der Waals surface area contributed by atoms with Gasteiger partial charge in [-0.1, -0.05) is 19.0 Å². The molecule has 1 spiro atoms. The molecule has 0 saturated heterocycles. The molecular formula is C12H17ClN2O2. The van der Waals surface area contributed by atoms with Crippen LogP contribution in [0, 0.1) is 10.8 Å². The Kier molecular flexibility index (Phi) is 3.02. The van der Waals surface area contributed by atoms with E-state index in [1.807, 2.05) is 0 Å². The fourth-order valence-corrected chi connectivity index (χ4v) is 2.77. The van der Waals surface area contributed by atoms with E-state index < -0.39 is 5.60 Å². The number of hydrogen-bond acceptors (Lipinski definition) is 4. The van der Waals surface area contributed by atoms with Crippen molar-refractivity contribution in [1.29, 1.82) is 5.41 Å². The SMILES string of the molecule is CC1(C)CCC(=N)C2(CC(C(=O)CCl)=NO2)C1. The number of carbonyl (C=O) groups is 1. The highest BCUT2D eigenvalue weighted by molar-refractivity contribution is 6.49. The third-order valence-corrected chi connectivity index (χ3v) is 3.84. The highest BCUT2D eigenvalue weighted by Crippen LogP contribution is 2.45. The van der Waals surface area contributed by atoms with Gasteiger partial charge in [-0.05, 0) is 18.3 Å². The molecule has 0 aromatic heterocycles. The van der Waals surface area contributed by atoms with E-state index in [2.05, 4.69) is 19.0 Å². The first-order chi connectivity index (χ1) is 7.88. The van der Waals surface area contributed by atoms with Gasteiger partial charge in [-0.25, -0.2) is 0 Å². The zero-order valence-corrected chi connectivity index (χ0v) is 10.9.